The molecule has 4 aromatic rings. The molecular formula is C38H38N4O7. The largest absolute Gasteiger partial charge is 0.513 e. The van der Waals surface area contributed by atoms with Crippen molar-refractivity contribution in [2.45, 2.75) is 45.4 Å². The van der Waals surface area contributed by atoms with Crippen molar-refractivity contribution >= 4 is 23.9 Å². The molecule has 0 aliphatic carbocycles. The summed E-state index contributed by atoms with van der Waals surface area (Å²) in [6.07, 6.45) is 7.65. The quantitative estimate of drug-likeness (QED) is 0.110. The zero-order chi connectivity index (χ0) is 34.4. The second-order valence-electron chi connectivity index (χ2n) is 11.3. The topological polar surface area (TPSA) is 138 Å². The van der Waals surface area contributed by atoms with E-state index in [-0.39, 0.29) is 30.6 Å². The fourth-order valence-corrected chi connectivity index (χ4v) is 5.28. The lowest BCUT2D eigenvalue weighted by Gasteiger charge is -2.30. The van der Waals surface area contributed by atoms with E-state index < -0.39 is 18.2 Å². The highest BCUT2D eigenvalue weighted by Gasteiger charge is 2.35. The predicted octanol–water partition coefficient (Wildman–Crippen LogP) is 7.45. The van der Waals surface area contributed by atoms with Crippen LogP contribution in [0.2, 0.25) is 0 Å². The molecule has 0 atom stereocenters. The Bertz CT molecular complexity index is 1690. The van der Waals surface area contributed by atoms with Crippen molar-refractivity contribution in [1.82, 2.24) is 15.3 Å². The summed E-state index contributed by atoms with van der Waals surface area (Å²) >= 11 is 0. The summed E-state index contributed by atoms with van der Waals surface area (Å²) in [5.41, 5.74) is 4.79. The average Bonchev–Trinajstić information content (AvgIpc) is 3.12. The Morgan fingerprint density at radius 3 is 1.71 bits per heavy atom. The lowest BCUT2D eigenvalue weighted by Crippen LogP contribution is -2.29. The molecule has 252 valence electrons. The molecule has 11 heteroatoms. The Morgan fingerprint density at radius 2 is 1.22 bits per heavy atom. The van der Waals surface area contributed by atoms with Crippen LogP contribution < -0.4 is 10.6 Å². The monoisotopic (exact) mass is 662 g/mol. The number of aromatic nitrogens is 2. The highest BCUT2D eigenvalue weighted by atomic mass is 16.7. The van der Waals surface area contributed by atoms with Gasteiger partial charge in [-0.1, -0.05) is 42.5 Å². The summed E-state index contributed by atoms with van der Waals surface area (Å²) in [5.74, 6) is -0.759. The number of aryl methyl sites for hydroxylation is 2. The van der Waals surface area contributed by atoms with Gasteiger partial charge in [-0.3, -0.25) is 14.8 Å². The third-order valence-electron chi connectivity index (χ3n) is 7.67. The Hall–Kier alpha value is -5.97. The van der Waals surface area contributed by atoms with Crippen LogP contribution in [0.15, 0.2) is 127 Å². The van der Waals surface area contributed by atoms with E-state index >= 15 is 0 Å². The van der Waals surface area contributed by atoms with Gasteiger partial charge in [0.25, 0.3) is 5.91 Å². The van der Waals surface area contributed by atoms with Gasteiger partial charge in [0, 0.05) is 36.0 Å². The number of pyridine rings is 2. The molecule has 1 aliphatic heterocycles. The van der Waals surface area contributed by atoms with E-state index in [0.29, 0.717) is 53.9 Å². The smallest absolute Gasteiger partial charge is 0.434 e. The number of carbonyl (C=O) groups is 3. The number of ether oxygens (including phenoxy) is 4. The number of carbonyl (C=O) groups excluding carboxylic acids is 3. The van der Waals surface area contributed by atoms with E-state index in [2.05, 4.69) is 20.6 Å². The first-order chi connectivity index (χ1) is 23.9. The van der Waals surface area contributed by atoms with Crippen LogP contribution in [0, 0.1) is 0 Å². The summed E-state index contributed by atoms with van der Waals surface area (Å²) in [6, 6.07) is 23.5. The van der Waals surface area contributed by atoms with Crippen molar-refractivity contribution in [2.75, 3.05) is 18.5 Å². The molecule has 11 nitrogen and oxygen atoms in total. The van der Waals surface area contributed by atoms with Crippen LogP contribution in [0.4, 0.5) is 15.3 Å². The number of dihydropyridines is 1. The first-order valence-electron chi connectivity index (χ1n) is 16.0. The van der Waals surface area contributed by atoms with E-state index in [4.69, 9.17) is 18.9 Å². The number of nitrogens with zero attached hydrogens (tertiary/aromatic N) is 2. The molecule has 2 aromatic heterocycles. The molecule has 0 saturated carbocycles. The van der Waals surface area contributed by atoms with Crippen LogP contribution in [0.1, 0.15) is 59.7 Å². The Kier molecular flexibility index (Phi) is 12.1. The standard InChI is InChI=1S/C38H38N4O7/c1-26-34(48-37(44)46-22-8-12-28-10-6-20-39-24-28)33(30-16-18-31(19-17-30)36(43)42-32-14-4-3-5-15-32)35(27(2)41-26)49-38(45)47-23-9-13-29-11-7-21-40-25-29/h3-7,10-11,14-21,24-25,33,41H,8-9,12-13,22-23H2,1-2H3,(H,42,43). The van der Waals surface area contributed by atoms with Gasteiger partial charge in [0.15, 0.2) is 0 Å². The minimum atomic E-state index is -0.900. The summed E-state index contributed by atoms with van der Waals surface area (Å²) in [7, 11) is 0. The van der Waals surface area contributed by atoms with Gasteiger partial charge in [-0.15, -0.1) is 0 Å². The molecule has 1 aliphatic rings. The van der Waals surface area contributed by atoms with E-state index in [9.17, 15) is 14.4 Å². The second-order valence-corrected chi connectivity index (χ2v) is 11.3. The minimum absolute atomic E-state index is 0.132. The minimum Gasteiger partial charge on any atom is -0.434 e. The molecule has 0 bridgehead atoms. The summed E-state index contributed by atoms with van der Waals surface area (Å²) in [6.45, 7) is 3.76. The van der Waals surface area contributed by atoms with E-state index in [1.54, 1.807) is 75.0 Å². The van der Waals surface area contributed by atoms with Crippen molar-refractivity contribution < 1.29 is 33.3 Å². The molecule has 0 fully saturated rings. The van der Waals surface area contributed by atoms with Gasteiger partial charge >= 0.3 is 12.3 Å². The number of allylic oxidation sites excluding steroid dienone is 2. The van der Waals surface area contributed by atoms with Gasteiger partial charge in [0.2, 0.25) is 0 Å². The number of amides is 1. The number of hydrogen-bond acceptors (Lipinski definition) is 10. The molecular weight excluding hydrogens is 624 g/mol. The fraction of sp³-hybridized carbons (Fsp3) is 0.237. The maximum absolute atomic E-state index is 12.9. The van der Waals surface area contributed by atoms with Crippen molar-refractivity contribution in [3.63, 3.8) is 0 Å². The van der Waals surface area contributed by atoms with Gasteiger partial charge in [-0.2, -0.15) is 0 Å². The lowest BCUT2D eigenvalue weighted by molar-refractivity contribution is 0.0601. The van der Waals surface area contributed by atoms with Crippen LogP contribution in [0.5, 0.6) is 0 Å². The number of hydrogen-bond donors (Lipinski definition) is 2. The summed E-state index contributed by atoms with van der Waals surface area (Å²) in [4.78, 5) is 47.0. The van der Waals surface area contributed by atoms with Crippen LogP contribution in [-0.4, -0.2) is 41.4 Å². The number of anilines is 1. The van der Waals surface area contributed by atoms with Gasteiger partial charge in [-0.05, 0) is 92.6 Å². The summed E-state index contributed by atoms with van der Waals surface area (Å²) in [5, 5.41) is 6.00. The van der Waals surface area contributed by atoms with Crippen LogP contribution in [0.25, 0.3) is 0 Å². The maximum atomic E-state index is 12.9. The number of para-hydroxylation sites is 1. The normalized spacial score (nSPS) is 12.9. The van der Waals surface area contributed by atoms with Crippen molar-refractivity contribution in [3.05, 3.63) is 149 Å². The number of rotatable bonds is 13. The molecule has 2 aromatic carbocycles. The zero-order valence-electron chi connectivity index (χ0n) is 27.4. The average molecular weight is 663 g/mol. The Labute approximate surface area is 285 Å². The lowest BCUT2D eigenvalue weighted by atomic mass is 9.90. The van der Waals surface area contributed by atoms with Crippen molar-refractivity contribution in [1.29, 1.82) is 0 Å². The second kappa shape index (κ2) is 17.3. The van der Waals surface area contributed by atoms with Gasteiger partial charge in [0.1, 0.15) is 17.4 Å². The molecule has 2 N–H and O–H groups in total. The highest BCUT2D eigenvalue weighted by molar-refractivity contribution is 6.04. The first-order valence-corrected chi connectivity index (χ1v) is 16.0. The molecule has 49 heavy (non-hydrogen) atoms. The van der Waals surface area contributed by atoms with Crippen LogP contribution >= 0.6 is 0 Å². The van der Waals surface area contributed by atoms with Gasteiger partial charge in [-0.25, -0.2) is 9.59 Å². The third kappa shape index (κ3) is 10.0. The predicted molar refractivity (Wildman–Crippen MR) is 182 cm³/mol. The van der Waals surface area contributed by atoms with E-state index in [1.807, 2.05) is 42.5 Å². The van der Waals surface area contributed by atoms with Crippen molar-refractivity contribution in [2.24, 2.45) is 0 Å². The molecule has 1 amide bonds. The van der Waals surface area contributed by atoms with Crippen LogP contribution in [-0.2, 0) is 31.8 Å². The zero-order valence-corrected chi connectivity index (χ0v) is 27.4. The maximum Gasteiger partial charge on any atom is 0.513 e. The first kappa shape index (κ1) is 34.4. The van der Waals surface area contributed by atoms with Crippen LogP contribution in [0.3, 0.4) is 0 Å². The number of nitrogens with one attached hydrogen (secondary N) is 2. The Balaban J connectivity index is 1.29. The third-order valence-corrected chi connectivity index (χ3v) is 7.67. The summed E-state index contributed by atoms with van der Waals surface area (Å²) < 4.78 is 22.4. The highest BCUT2D eigenvalue weighted by Crippen LogP contribution is 2.39. The SMILES string of the molecule is CC1=C(OC(=O)OCCCc2cccnc2)C(c2ccc(C(=O)Nc3ccccc3)cc2)C(OC(=O)OCCCc2cccnc2)=C(C)N1. The van der Waals surface area contributed by atoms with E-state index in [1.165, 1.54) is 0 Å². The number of benzene rings is 2. The Morgan fingerprint density at radius 1 is 0.694 bits per heavy atom. The molecule has 5 rings (SSSR count). The molecule has 0 radical (unpaired) electrons. The molecule has 0 unspecified atom stereocenters. The molecule has 0 spiro atoms. The molecule has 0 saturated heterocycles. The van der Waals surface area contributed by atoms with Crippen molar-refractivity contribution in [3.8, 4) is 0 Å². The van der Waals surface area contributed by atoms with E-state index in [0.717, 1.165) is 11.1 Å². The fourth-order valence-electron chi connectivity index (χ4n) is 5.28. The van der Waals surface area contributed by atoms with Gasteiger partial charge < -0.3 is 29.6 Å². The molecule has 3 heterocycles. The van der Waals surface area contributed by atoms with Gasteiger partial charge in [0.05, 0.1) is 24.6 Å².